The van der Waals surface area contributed by atoms with Gasteiger partial charge in [-0.25, -0.2) is 4.79 Å². The molecule has 1 fully saturated rings. The lowest BCUT2D eigenvalue weighted by atomic mass is 9.84. The van der Waals surface area contributed by atoms with E-state index in [1.165, 1.54) is 12.1 Å². The summed E-state index contributed by atoms with van der Waals surface area (Å²) in [4.78, 5) is 39.0. The molecule has 13 heteroatoms. The van der Waals surface area contributed by atoms with E-state index in [1.807, 2.05) is 18.7 Å². The SMILES string of the molecule is CCOC(=O)n1nc2c(c1NC(=O)c1ccc(N3CCOCC3)cc1[N+](=O)[O-])CNCC2(C)C.Cl. The standard InChI is InChI=1S/C22H28N6O6.ClH/c1-4-34-21(30)27-19(16-12-23-13-22(2,3)18(16)25-27)24-20(29)15-6-5-14(11-17(15)28(31)32)26-7-9-33-10-8-26;/h5-6,11,23H,4,7-10,12-13H2,1-3H3,(H,24,29);1H. The molecule has 0 saturated carbocycles. The Morgan fingerprint density at radius 1 is 1.31 bits per heavy atom. The van der Waals surface area contributed by atoms with Crippen LogP contribution >= 0.6 is 12.4 Å². The number of nitro benzene ring substituents is 1. The van der Waals surface area contributed by atoms with Crippen molar-refractivity contribution in [2.24, 2.45) is 0 Å². The van der Waals surface area contributed by atoms with Crippen LogP contribution in [-0.4, -0.2) is 66.2 Å². The van der Waals surface area contributed by atoms with Crippen LogP contribution in [0.5, 0.6) is 0 Å². The topological polar surface area (TPSA) is 141 Å². The first-order valence-corrected chi connectivity index (χ1v) is 11.2. The molecule has 12 nitrogen and oxygen atoms in total. The average molecular weight is 509 g/mol. The van der Waals surface area contributed by atoms with Gasteiger partial charge in [0.05, 0.1) is 30.4 Å². The van der Waals surface area contributed by atoms with E-state index in [9.17, 15) is 19.7 Å². The molecule has 0 bridgehead atoms. The molecular weight excluding hydrogens is 480 g/mol. The molecule has 1 aromatic heterocycles. The Morgan fingerprint density at radius 3 is 2.69 bits per heavy atom. The molecule has 2 aromatic rings. The molecule has 3 heterocycles. The van der Waals surface area contributed by atoms with Crippen LogP contribution in [0.3, 0.4) is 0 Å². The number of carbonyl (C=O) groups is 2. The van der Waals surface area contributed by atoms with E-state index >= 15 is 0 Å². The molecule has 2 aliphatic rings. The number of nitro groups is 1. The van der Waals surface area contributed by atoms with Crippen LogP contribution in [0.2, 0.25) is 0 Å². The second-order valence-electron chi connectivity index (χ2n) is 8.79. The maximum absolute atomic E-state index is 13.2. The highest BCUT2D eigenvalue weighted by molar-refractivity contribution is 6.08. The minimum Gasteiger partial charge on any atom is -0.448 e. The fraction of sp³-hybridized carbons (Fsp3) is 0.500. The molecule has 35 heavy (non-hydrogen) atoms. The number of benzene rings is 1. The Hall–Kier alpha value is -3.22. The Bertz CT molecular complexity index is 1130. The van der Waals surface area contributed by atoms with Gasteiger partial charge < -0.3 is 25.0 Å². The molecule has 0 radical (unpaired) electrons. The third-order valence-corrected chi connectivity index (χ3v) is 5.96. The maximum atomic E-state index is 13.2. The van der Waals surface area contributed by atoms with Gasteiger partial charge in [-0.1, -0.05) is 13.8 Å². The summed E-state index contributed by atoms with van der Waals surface area (Å²) in [5.41, 5.74) is 1.12. The van der Waals surface area contributed by atoms with Gasteiger partial charge in [0.15, 0.2) is 0 Å². The van der Waals surface area contributed by atoms with Crippen LogP contribution < -0.4 is 15.5 Å². The Labute approximate surface area is 208 Å². The summed E-state index contributed by atoms with van der Waals surface area (Å²) in [6.45, 7) is 9.05. The first-order valence-electron chi connectivity index (χ1n) is 11.2. The number of anilines is 2. The van der Waals surface area contributed by atoms with Crippen molar-refractivity contribution in [1.29, 1.82) is 0 Å². The van der Waals surface area contributed by atoms with E-state index in [1.54, 1.807) is 13.0 Å². The number of carbonyl (C=O) groups excluding carboxylic acids is 2. The molecule has 2 N–H and O–H groups in total. The summed E-state index contributed by atoms with van der Waals surface area (Å²) in [6, 6.07) is 4.50. The number of halogens is 1. The van der Waals surface area contributed by atoms with E-state index < -0.39 is 22.3 Å². The van der Waals surface area contributed by atoms with E-state index in [-0.39, 0.29) is 36.1 Å². The number of nitrogens with one attached hydrogen (secondary N) is 2. The number of fused-ring (bicyclic) bond motifs is 1. The van der Waals surface area contributed by atoms with Crippen LogP contribution in [0.1, 0.15) is 42.4 Å². The largest absolute Gasteiger partial charge is 0.448 e. The van der Waals surface area contributed by atoms with Crippen LogP contribution in [0.15, 0.2) is 18.2 Å². The van der Waals surface area contributed by atoms with Crippen molar-refractivity contribution in [3.63, 3.8) is 0 Å². The molecule has 4 rings (SSSR count). The van der Waals surface area contributed by atoms with E-state index in [0.717, 1.165) is 4.68 Å². The average Bonchev–Trinajstić information content (AvgIpc) is 3.19. The van der Waals surface area contributed by atoms with E-state index in [0.29, 0.717) is 56.3 Å². The summed E-state index contributed by atoms with van der Waals surface area (Å²) >= 11 is 0. The van der Waals surface area contributed by atoms with E-state index in [2.05, 4.69) is 15.7 Å². The lowest BCUT2D eigenvalue weighted by molar-refractivity contribution is -0.385. The van der Waals surface area contributed by atoms with Crippen molar-refractivity contribution in [2.45, 2.75) is 32.7 Å². The highest BCUT2D eigenvalue weighted by atomic mass is 35.5. The normalized spacial score (nSPS) is 16.6. The first kappa shape index (κ1) is 26.4. The molecule has 190 valence electrons. The molecule has 1 saturated heterocycles. The number of hydrogen-bond acceptors (Lipinski definition) is 9. The highest BCUT2D eigenvalue weighted by Crippen LogP contribution is 2.34. The zero-order chi connectivity index (χ0) is 24.5. The number of hydrogen-bond donors (Lipinski definition) is 2. The van der Waals surface area contributed by atoms with Gasteiger partial charge in [-0.2, -0.15) is 5.10 Å². The third kappa shape index (κ3) is 5.24. The fourth-order valence-electron chi connectivity index (χ4n) is 4.25. The lowest BCUT2D eigenvalue weighted by Gasteiger charge is -2.29. The molecule has 1 aromatic carbocycles. The molecule has 0 spiro atoms. The highest BCUT2D eigenvalue weighted by Gasteiger charge is 2.36. The molecule has 0 aliphatic carbocycles. The van der Waals surface area contributed by atoms with Crippen molar-refractivity contribution in [1.82, 2.24) is 15.1 Å². The van der Waals surface area contributed by atoms with Gasteiger partial charge in [-0.15, -0.1) is 17.1 Å². The maximum Gasteiger partial charge on any atom is 0.436 e. The number of rotatable bonds is 5. The number of nitrogens with zero attached hydrogens (tertiary/aromatic N) is 4. The van der Waals surface area contributed by atoms with Gasteiger partial charge in [0, 0.05) is 48.9 Å². The smallest absolute Gasteiger partial charge is 0.436 e. The van der Waals surface area contributed by atoms with Crippen molar-refractivity contribution < 1.29 is 24.0 Å². The number of aromatic nitrogens is 2. The number of morpholine rings is 1. The zero-order valence-corrected chi connectivity index (χ0v) is 20.6. The summed E-state index contributed by atoms with van der Waals surface area (Å²) < 4.78 is 11.5. The Balaban J connectivity index is 0.00000342. The van der Waals surface area contributed by atoms with Gasteiger partial charge in [-0.05, 0) is 19.1 Å². The van der Waals surface area contributed by atoms with Crippen molar-refractivity contribution in [2.75, 3.05) is 49.7 Å². The lowest BCUT2D eigenvalue weighted by Crippen LogP contribution is -2.38. The summed E-state index contributed by atoms with van der Waals surface area (Å²) in [7, 11) is 0. The number of ether oxygens (including phenoxy) is 2. The fourth-order valence-corrected chi connectivity index (χ4v) is 4.25. The minimum absolute atomic E-state index is 0. The summed E-state index contributed by atoms with van der Waals surface area (Å²) in [5.74, 6) is -0.567. The van der Waals surface area contributed by atoms with Gasteiger partial charge in [0.2, 0.25) is 0 Å². The molecule has 2 aliphatic heterocycles. The minimum atomic E-state index is -0.736. The van der Waals surface area contributed by atoms with Crippen LogP contribution in [-0.2, 0) is 21.4 Å². The van der Waals surface area contributed by atoms with Gasteiger partial charge in [0.1, 0.15) is 11.4 Å². The van der Waals surface area contributed by atoms with Gasteiger partial charge >= 0.3 is 6.09 Å². The first-order chi connectivity index (χ1) is 16.2. The Kier molecular flexibility index (Phi) is 7.98. The van der Waals surface area contributed by atoms with Crippen molar-refractivity contribution in [3.8, 4) is 0 Å². The molecule has 1 amide bonds. The van der Waals surface area contributed by atoms with Gasteiger partial charge in [-0.3, -0.25) is 14.9 Å². The third-order valence-electron chi connectivity index (χ3n) is 5.96. The number of amides is 1. The molecular formula is C22H29ClN6O6. The van der Waals surface area contributed by atoms with Crippen LogP contribution in [0.25, 0.3) is 0 Å². The van der Waals surface area contributed by atoms with Crippen molar-refractivity contribution >= 4 is 41.6 Å². The van der Waals surface area contributed by atoms with Crippen LogP contribution in [0.4, 0.5) is 22.0 Å². The van der Waals surface area contributed by atoms with Crippen molar-refractivity contribution in [3.05, 3.63) is 45.1 Å². The second kappa shape index (κ2) is 10.6. The predicted octanol–water partition coefficient (Wildman–Crippen LogP) is 2.69. The molecule has 0 unspecified atom stereocenters. The van der Waals surface area contributed by atoms with Gasteiger partial charge in [0.25, 0.3) is 11.6 Å². The monoisotopic (exact) mass is 508 g/mol. The van der Waals surface area contributed by atoms with Crippen LogP contribution in [0, 0.1) is 10.1 Å². The summed E-state index contributed by atoms with van der Waals surface area (Å²) in [6.07, 6.45) is -0.736. The summed E-state index contributed by atoms with van der Waals surface area (Å²) in [5, 5.41) is 22.2. The zero-order valence-electron chi connectivity index (χ0n) is 19.8. The van der Waals surface area contributed by atoms with E-state index in [4.69, 9.17) is 9.47 Å². The quantitative estimate of drug-likeness (QED) is 0.460. The molecule has 0 atom stereocenters. The second-order valence-corrected chi connectivity index (χ2v) is 8.79. The Morgan fingerprint density at radius 2 is 2.03 bits per heavy atom. The predicted molar refractivity (Wildman–Crippen MR) is 131 cm³/mol.